The monoisotopic (exact) mass is 340 g/mol. The van der Waals surface area contributed by atoms with Gasteiger partial charge < -0.3 is 18.9 Å². The number of methoxy groups -OCH3 is 1. The Kier molecular flexibility index (Phi) is 5.74. The van der Waals surface area contributed by atoms with Crippen LogP contribution in [0.2, 0.25) is 0 Å². The maximum Gasteiger partial charge on any atom is 0.177 e. The lowest BCUT2D eigenvalue weighted by molar-refractivity contribution is -0.103. The number of rotatable bonds is 7. The van der Waals surface area contributed by atoms with Crippen LogP contribution in [0.25, 0.3) is 5.57 Å². The summed E-state index contributed by atoms with van der Waals surface area (Å²) < 4.78 is 23.0. The highest BCUT2D eigenvalue weighted by atomic mass is 16.7. The Hall–Kier alpha value is -2.30. The standard InChI is InChI=1S/C21H24O4/c1-4-23-20(24-5-2)14-18-17-11-6-7-12-19(17)25-21(18)15-9-8-10-16(13-15)22-3/h6-14,20-21H,4-5H2,1-3H3/b18-14-. The van der Waals surface area contributed by atoms with Crippen LogP contribution in [0, 0.1) is 0 Å². The lowest BCUT2D eigenvalue weighted by atomic mass is 9.96. The highest BCUT2D eigenvalue weighted by Crippen LogP contribution is 2.46. The minimum Gasteiger partial charge on any atom is -0.497 e. The fourth-order valence-corrected chi connectivity index (χ4v) is 2.99. The van der Waals surface area contributed by atoms with Crippen molar-refractivity contribution < 1.29 is 18.9 Å². The number of hydrogen-bond acceptors (Lipinski definition) is 4. The van der Waals surface area contributed by atoms with E-state index in [2.05, 4.69) is 6.07 Å². The zero-order valence-corrected chi connectivity index (χ0v) is 14.9. The Bertz CT molecular complexity index is 732. The molecule has 2 aromatic rings. The van der Waals surface area contributed by atoms with Crippen LogP contribution in [0.3, 0.4) is 0 Å². The maximum atomic E-state index is 6.23. The van der Waals surface area contributed by atoms with Crippen LogP contribution in [0.15, 0.2) is 54.6 Å². The summed E-state index contributed by atoms with van der Waals surface area (Å²) in [6, 6.07) is 16.0. The fraction of sp³-hybridized carbons (Fsp3) is 0.333. The van der Waals surface area contributed by atoms with Crippen LogP contribution in [0.4, 0.5) is 0 Å². The molecule has 0 spiro atoms. The molecule has 0 bridgehead atoms. The van der Waals surface area contributed by atoms with E-state index in [1.54, 1.807) is 7.11 Å². The summed E-state index contributed by atoms with van der Waals surface area (Å²) in [5, 5.41) is 0. The summed E-state index contributed by atoms with van der Waals surface area (Å²) in [5.74, 6) is 1.68. The molecule has 1 heterocycles. The minimum atomic E-state index is -0.395. The average Bonchev–Trinajstić information content (AvgIpc) is 3.01. The second-order valence-corrected chi connectivity index (χ2v) is 5.67. The molecule has 1 unspecified atom stereocenters. The molecule has 132 valence electrons. The first-order valence-corrected chi connectivity index (χ1v) is 8.61. The first-order valence-electron chi connectivity index (χ1n) is 8.61. The molecule has 1 atom stereocenters. The van der Waals surface area contributed by atoms with E-state index in [4.69, 9.17) is 18.9 Å². The van der Waals surface area contributed by atoms with E-state index in [1.807, 2.05) is 62.4 Å². The van der Waals surface area contributed by atoms with Gasteiger partial charge in [-0.1, -0.05) is 30.3 Å². The van der Waals surface area contributed by atoms with Gasteiger partial charge in [-0.05, 0) is 38.1 Å². The van der Waals surface area contributed by atoms with E-state index in [9.17, 15) is 0 Å². The number of para-hydroxylation sites is 1. The topological polar surface area (TPSA) is 36.9 Å². The second-order valence-electron chi connectivity index (χ2n) is 5.67. The number of hydrogen-bond donors (Lipinski definition) is 0. The predicted octanol–water partition coefficient (Wildman–Crippen LogP) is 4.61. The van der Waals surface area contributed by atoms with Crippen molar-refractivity contribution in [1.29, 1.82) is 0 Å². The zero-order chi connectivity index (χ0) is 17.6. The van der Waals surface area contributed by atoms with E-state index in [1.165, 1.54) is 0 Å². The van der Waals surface area contributed by atoms with Gasteiger partial charge in [-0.25, -0.2) is 0 Å². The van der Waals surface area contributed by atoms with E-state index in [-0.39, 0.29) is 6.10 Å². The molecule has 4 heteroatoms. The van der Waals surface area contributed by atoms with Gasteiger partial charge in [0.05, 0.1) is 7.11 Å². The van der Waals surface area contributed by atoms with E-state index >= 15 is 0 Å². The maximum absolute atomic E-state index is 6.23. The Morgan fingerprint density at radius 2 is 1.80 bits per heavy atom. The smallest absolute Gasteiger partial charge is 0.177 e. The minimum absolute atomic E-state index is 0.212. The number of benzene rings is 2. The molecular weight excluding hydrogens is 316 g/mol. The van der Waals surface area contributed by atoms with Gasteiger partial charge in [0.15, 0.2) is 6.29 Å². The van der Waals surface area contributed by atoms with E-state index in [0.717, 1.165) is 28.2 Å². The molecule has 2 aromatic carbocycles. The van der Waals surface area contributed by atoms with Gasteiger partial charge in [0.1, 0.15) is 17.6 Å². The number of fused-ring (bicyclic) bond motifs is 1. The molecule has 0 amide bonds. The Balaban J connectivity index is 2.02. The van der Waals surface area contributed by atoms with Crippen LogP contribution >= 0.6 is 0 Å². The molecule has 0 aliphatic carbocycles. The first kappa shape index (κ1) is 17.5. The van der Waals surface area contributed by atoms with Gasteiger partial charge in [-0.3, -0.25) is 0 Å². The molecule has 0 fully saturated rings. The largest absolute Gasteiger partial charge is 0.497 e. The van der Waals surface area contributed by atoms with Crippen molar-refractivity contribution in [3.05, 3.63) is 65.7 Å². The van der Waals surface area contributed by atoms with E-state index < -0.39 is 6.29 Å². The average molecular weight is 340 g/mol. The lowest BCUT2D eigenvalue weighted by Crippen LogP contribution is -2.16. The molecule has 0 aromatic heterocycles. The third-order valence-corrected chi connectivity index (χ3v) is 4.10. The molecular formula is C21H24O4. The summed E-state index contributed by atoms with van der Waals surface area (Å²) in [7, 11) is 1.67. The van der Waals surface area contributed by atoms with Gasteiger partial charge in [-0.2, -0.15) is 0 Å². The van der Waals surface area contributed by atoms with Gasteiger partial charge in [-0.15, -0.1) is 0 Å². The first-order chi connectivity index (χ1) is 12.3. The Morgan fingerprint density at radius 3 is 2.52 bits per heavy atom. The highest BCUT2D eigenvalue weighted by Gasteiger charge is 2.31. The highest BCUT2D eigenvalue weighted by molar-refractivity contribution is 5.78. The van der Waals surface area contributed by atoms with Crippen LogP contribution in [0.1, 0.15) is 31.1 Å². The third-order valence-electron chi connectivity index (χ3n) is 4.10. The van der Waals surface area contributed by atoms with Crippen molar-refractivity contribution in [2.75, 3.05) is 20.3 Å². The van der Waals surface area contributed by atoms with Crippen molar-refractivity contribution in [2.24, 2.45) is 0 Å². The van der Waals surface area contributed by atoms with Crippen molar-refractivity contribution in [3.63, 3.8) is 0 Å². The number of ether oxygens (including phenoxy) is 4. The van der Waals surface area contributed by atoms with Crippen molar-refractivity contribution in [3.8, 4) is 11.5 Å². The summed E-state index contributed by atoms with van der Waals surface area (Å²) in [6.07, 6.45) is 1.41. The predicted molar refractivity (Wildman–Crippen MR) is 97.8 cm³/mol. The lowest BCUT2D eigenvalue weighted by Gasteiger charge is -2.18. The molecule has 0 radical (unpaired) electrons. The molecule has 1 aliphatic rings. The summed E-state index contributed by atoms with van der Waals surface area (Å²) >= 11 is 0. The van der Waals surface area contributed by atoms with Gasteiger partial charge in [0, 0.05) is 29.9 Å². The van der Waals surface area contributed by atoms with Crippen molar-refractivity contribution in [1.82, 2.24) is 0 Å². The Morgan fingerprint density at radius 1 is 1.04 bits per heavy atom. The SMILES string of the molecule is CCOC(/C=C1/c2ccccc2OC1c1cccc(OC)c1)OCC. The summed E-state index contributed by atoms with van der Waals surface area (Å²) in [5.41, 5.74) is 3.16. The molecule has 0 N–H and O–H groups in total. The molecule has 3 rings (SSSR count). The van der Waals surface area contributed by atoms with Crippen LogP contribution in [-0.4, -0.2) is 26.6 Å². The zero-order valence-electron chi connectivity index (χ0n) is 14.9. The third kappa shape index (κ3) is 3.86. The van der Waals surface area contributed by atoms with Crippen molar-refractivity contribution >= 4 is 5.57 Å². The molecule has 4 nitrogen and oxygen atoms in total. The van der Waals surface area contributed by atoms with Gasteiger partial charge >= 0.3 is 0 Å². The van der Waals surface area contributed by atoms with Gasteiger partial charge in [0.25, 0.3) is 0 Å². The quantitative estimate of drug-likeness (QED) is 0.690. The molecule has 0 saturated carbocycles. The van der Waals surface area contributed by atoms with Crippen LogP contribution in [0.5, 0.6) is 11.5 Å². The molecule has 0 saturated heterocycles. The van der Waals surface area contributed by atoms with Crippen molar-refractivity contribution in [2.45, 2.75) is 26.2 Å². The van der Waals surface area contributed by atoms with Gasteiger partial charge in [0.2, 0.25) is 0 Å². The fourth-order valence-electron chi connectivity index (χ4n) is 2.99. The van der Waals surface area contributed by atoms with Crippen LogP contribution < -0.4 is 9.47 Å². The van der Waals surface area contributed by atoms with Crippen LogP contribution in [-0.2, 0) is 9.47 Å². The Labute approximate surface area is 149 Å². The summed E-state index contributed by atoms with van der Waals surface area (Å²) in [4.78, 5) is 0. The summed E-state index contributed by atoms with van der Waals surface area (Å²) in [6.45, 7) is 5.09. The molecule has 25 heavy (non-hydrogen) atoms. The van der Waals surface area contributed by atoms with E-state index in [0.29, 0.717) is 13.2 Å². The second kappa shape index (κ2) is 8.19. The molecule has 1 aliphatic heterocycles. The normalized spacial score (nSPS) is 17.6.